The Morgan fingerprint density at radius 3 is 2.80 bits per heavy atom. The summed E-state index contributed by atoms with van der Waals surface area (Å²) in [6.07, 6.45) is 1.97. The molecule has 0 radical (unpaired) electrons. The third-order valence-corrected chi connectivity index (χ3v) is 5.07. The number of hydrogen-bond acceptors (Lipinski definition) is 2. The Morgan fingerprint density at radius 2 is 2.10 bits per heavy atom. The minimum atomic E-state index is 0.171. The second-order valence-corrected chi connectivity index (χ2v) is 7.18. The normalized spacial score (nSPS) is 11.2. The number of aryl methyl sites for hydroxylation is 2. The van der Waals surface area contributed by atoms with Crippen molar-refractivity contribution >= 4 is 44.0 Å². The van der Waals surface area contributed by atoms with Gasteiger partial charge in [0.25, 0.3) is 0 Å². The first-order valence-corrected chi connectivity index (χ1v) is 8.01. The standard InChI is InChI=1S/C16H14BrNOS/c1-10-8-13(11(2)20-10)16(19)9-18-7-6-12-14(17)4-3-5-15(12)18/h3-8H,9H2,1-2H3. The van der Waals surface area contributed by atoms with E-state index in [1.807, 2.05) is 54.9 Å². The Kier molecular flexibility index (Phi) is 3.52. The molecule has 0 fully saturated rings. The lowest BCUT2D eigenvalue weighted by molar-refractivity contribution is 0.0973. The highest BCUT2D eigenvalue weighted by atomic mass is 79.9. The van der Waals surface area contributed by atoms with Gasteiger partial charge < -0.3 is 4.57 Å². The topological polar surface area (TPSA) is 22.0 Å². The molecule has 2 nitrogen and oxygen atoms in total. The molecule has 0 spiro atoms. The molecule has 0 N–H and O–H groups in total. The molecule has 0 aliphatic heterocycles. The van der Waals surface area contributed by atoms with Crippen molar-refractivity contribution in [1.29, 1.82) is 0 Å². The van der Waals surface area contributed by atoms with Gasteiger partial charge in [-0.2, -0.15) is 0 Å². The number of fused-ring (bicyclic) bond motifs is 1. The fourth-order valence-corrected chi connectivity index (χ4v) is 3.90. The first-order chi connectivity index (χ1) is 9.56. The summed E-state index contributed by atoms with van der Waals surface area (Å²) >= 11 is 5.22. The fraction of sp³-hybridized carbons (Fsp3) is 0.188. The summed E-state index contributed by atoms with van der Waals surface area (Å²) in [7, 11) is 0. The largest absolute Gasteiger partial charge is 0.340 e. The molecule has 0 saturated heterocycles. The Balaban J connectivity index is 1.96. The summed E-state index contributed by atoms with van der Waals surface area (Å²) in [6, 6.07) is 10.1. The summed E-state index contributed by atoms with van der Waals surface area (Å²) in [6.45, 7) is 4.43. The summed E-state index contributed by atoms with van der Waals surface area (Å²) in [4.78, 5) is 14.7. The van der Waals surface area contributed by atoms with Crippen molar-refractivity contribution in [3.8, 4) is 0 Å². The molecule has 1 aromatic carbocycles. The average Bonchev–Trinajstić information content (AvgIpc) is 2.94. The molecule has 0 unspecified atom stereocenters. The van der Waals surface area contributed by atoms with Crippen molar-refractivity contribution in [3.05, 3.63) is 56.3 Å². The number of carbonyl (C=O) groups is 1. The summed E-state index contributed by atoms with van der Waals surface area (Å²) < 4.78 is 3.07. The van der Waals surface area contributed by atoms with Crippen LogP contribution >= 0.6 is 27.3 Å². The lowest BCUT2D eigenvalue weighted by Crippen LogP contribution is -2.09. The van der Waals surface area contributed by atoms with E-state index in [0.717, 1.165) is 25.8 Å². The van der Waals surface area contributed by atoms with E-state index in [-0.39, 0.29) is 5.78 Å². The van der Waals surface area contributed by atoms with Crippen LogP contribution in [-0.2, 0) is 6.54 Å². The zero-order valence-electron chi connectivity index (χ0n) is 11.3. The molecule has 102 valence electrons. The minimum Gasteiger partial charge on any atom is -0.340 e. The van der Waals surface area contributed by atoms with Gasteiger partial charge in [-0.25, -0.2) is 0 Å². The van der Waals surface area contributed by atoms with Crippen molar-refractivity contribution in [2.24, 2.45) is 0 Å². The maximum absolute atomic E-state index is 12.4. The van der Waals surface area contributed by atoms with Crippen LogP contribution in [0.1, 0.15) is 20.1 Å². The van der Waals surface area contributed by atoms with Crippen molar-refractivity contribution in [2.75, 3.05) is 0 Å². The fourth-order valence-electron chi connectivity index (χ4n) is 2.47. The van der Waals surface area contributed by atoms with Gasteiger partial charge in [-0.15, -0.1) is 11.3 Å². The number of nitrogens with zero attached hydrogens (tertiary/aromatic N) is 1. The average molecular weight is 348 g/mol. The molecule has 20 heavy (non-hydrogen) atoms. The highest BCUT2D eigenvalue weighted by molar-refractivity contribution is 9.10. The van der Waals surface area contributed by atoms with Crippen LogP contribution in [0, 0.1) is 13.8 Å². The van der Waals surface area contributed by atoms with E-state index >= 15 is 0 Å². The van der Waals surface area contributed by atoms with Crippen molar-refractivity contribution in [2.45, 2.75) is 20.4 Å². The summed E-state index contributed by atoms with van der Waals surface area (Å²) in [5.74, 6) is 0.171. The van der Waals surface area contributed by atoms with Gasteiger partial charge in [-0.3, -0.25) is 4.79 Å². The van der Waals surface area contributed by atoms with E-state index in [2.05, 4.69) is 15.9 Å². The molecule has 0 amide bonds. The van der Waals surface area contributed by atoms with E-state index in [9.17, 15) is 4.79 Å². The summed E-state index contributed by atoms with van der Waals surface area (Å²) in [5.41, 5.74) is 1.93. The molecule has 0 saturated carbocycles. The number of halogens is 1. The third-order valence-electron chi connectivity index (χ3n) is 3.42. The zero-order chi connectivity index (χ0) is 14.3. The van der Waals surface area contributed by atoms with E-state index in [1.165, 1.54) is 4.88 Å². The van der Waals surface area contributed by atoms with Crippen molar-refractivity contribution in [3.63, 3.8) is 0 Å². The monoisotopic (exact) mass is 347 g/mol. The predicted octanol–water partition coefficient (Wildman–Crippen LogP) is 4.97. The lowest BCUT2D eigenvalue weighted by Gasteiger charge is -2.05. The van der Waals surface area contributed by atoms with Gasteiger partial charge in [0.05, 0.1) is 6.54 Å². The van der Waals surface area contributed by atoms with Crippen LogP contribution in [-0.4, -0.2) is 10.4 Å². The van der Waals surface area contributed by atoms with Crippen LogP contribution in [0.2, 0.25) is 0 Å². The van der Waals surface area contributed by atoms with Crippen LogP contribution < -0.4 is 0 Å². The SMILES string of the molecule is Cc1cc(C(=O)Cn2ccc3c(Br)cccc32)c(C)s1. The maximum atomic E-state index is 12.4. The van der Waals surface area contributed by atoms with Crippen molar-refractivity contribution in [1.82, 2.24) is 4.57 Å². The molecular weight excluding hydrogens is 334 g/mol. The molecule has 0 bridgehead atoms. The number of aromatic nitrogens is 1. The molecule has 0 atom stereocenters. The number of benzene rings is 1. The van der Waals surface area contributed by atoms with Gasteiger partial charge in [0, 0.05) is 36.9 Å². The van der Waals surface area contributed by atoms with Gasteiger partial charge in [-0.05, 0) is 38.1 Å². The Hall–Kier alpha value is -1.39. The number of thiophene rings is 1. The highest BCUT2D eigenvalue weighted by Gasteiger charge is 2.14. The second kappa shape index (κ2) is 5.19. The summed E-state index contributed by atoms with van der Waals surface area (Å²) in [5, 5.41) is 1.14. The van der Waals surface area contributed by atoms with Crippen LogP contribution in [0.3, 0.4) is 0 Å². The van der Waals surface area contributed by atoms with Crippen LogP contribution in [0.5, 0.6) is 0 Å². The predicted molar refractivity (Wildman–Crippen MR) is 87.8 cm³/mol. The highest BCUT2D eigenvalue weighted by Crippen LogP contribution is 2.26. The quantitative estimate of drug-likeness (QED) is 0.613. The molecule has 0 aliphatic carbocycles. The van der Waals surface area contributed by atoms with Crippen LogP contribution in [0.4, 0.5) is 0 Å². The molecular formula is C16H14BrNOS. The van der Waals surface area contributed by atoms with Gasteiger partial charge in [0.2, 0.25) is 0 Å². The van der Waals surface area contributed by atoms with E-state index in [0.29, 0.717) is 6.54 Å². The first-order valence-electron chi connectivity index (χ1n) is 6.40. The number of hydrogen-bond donors (Lipinski definition) is 0. The van der Waals surface area contributed by atoms with E-state index < -0.39 is 0 Å². The van der Waals surface area contributed by atoms with Gasteiger partial charge >= 0.3 is 0 Å². The smallest absolute Gasteiger partial charge is 0.183 e. The Morgan fingerprint density at radius 1 is 1.30 bits per heavy atom. The van der Waals surface area contributed by atoms with Gasteiger partial charge in [0.1, 0.15) is 0 Å². The Labute approximate surface area is 130 Å². The third kappa shape index (κ3) is 2.34. The minimum absolute atomic E-state index is 0.171. The number of Topliss-reactive ketones (excluding diaryl/α,β-unsaturated/α-hetero) is 1. The van der Waals surface area contributed by atoms with E-state index in [4.69, 9.17) is 0 Å². The molecule has 2 heterocycles. The molecule has 0 aliphatic rings. The van der Waals surface area contributed by atoms with Gasteiger partial charge in [0.15, 0.2) is 5.78 Å². The van der Waals surface area contributed by atoms with Crippen LogP contribution in [0.15, 0.2) is 41.0 Å². The Bertz CT molecular complexity index is 800. The van der Waals surface area contributed by atoms with Gasteiger partial charge in [-0.1, -0.05) is 22.0 Å². The molecule has 3 rings (SSSR count). The second-order valence-electron chi connectivity index (χ2n) is 4.87. The number of rotatable bonds is 3. The zero-order valence-corrected chi connectivity index (χ0v) is 13.7. The molecule has 3 aromatic rings. The van der Waals surface area contributed by atoms with E-state index in [1.54, 1.807) is 11.3 Å². The molecule has 4 heteroatoms. The van der Waals surface area contributed by atoms with Crippen LogP contribution in [0.25, 0.3) is 10.9 Å². The molecule has 2 aromatic heterocycles. The number of carbonyl (C=O) groups excluding carboxylic acids is 1. The van der Waals surface area contributed by atoms with Crippen molar-refractivity contribution < 1.29 is 4.79 Å². The number of ketones is 1. The maximum Gasteiger partial charge on any atom is 0.183 e. The lowest BCUT2D eigenvalue weighted by atomic mass is 10.1. The first kappa shape index (κ1) is 13.6.